The number of carboxylic acid groups (broad SMARTS) is 1. The molecule has 0 fully saturated rings. The number of carbonyl (C=O) groups is 1. The van der Waals surface area contributed by atoms with Crippen molar-refractivity contribution in [1.29, 1.82) is 0 Å². The van der Waals surface area contributed by atoms with E-state index >= 15 is 0 Å². The van der Waals surface area contributed by atoms with Crippen LogP contribution in [0, 0.1) is 6.92 Å². The quantitative estimate of drug-likeness (QED) is 0.840. The fraction of sp³-hybridized carbons (Fsp3) is 0.364. The Morgan fingerprint density at radius 2 is 2.00 bits per heavy atom. The third kappa shape index (κ3) is 2.71. The van der Waals surface area contributed by atoms with E-state index in [9.17, 15) is 9.90 Å². The van der Waals surface area contributed by atoms with Gasteiger partial charge in [0.2, 0.25) is 0 Å². The van der Waals surface area contributed by atoms with Gasteiger partial charge in [-0.1, -0.05) is 15.9 Å². The van der Waals surface area contributed by atoms with Crippen LogP contribution in [-0.4, -0.2) is 20.9 Å². The van der Waals surface area contributed by atoms with Crippen molar-refractivity contribution in [3.05, 3.63) is 22.2 Å². The second-order valence-corrected chi connectivity index (χ2v) is 6.43. The summed E-state index contributed by atoms with van der Waals surface area (Å²) < 4.78 is -0.114. The molecule has 2 N–H and O–H groups in total. The topological polar surface area (TPSA) is 57.5 Å². The van der Waals surface area contributed by atoms with Crippen molar-refractivity contribution in [1.82, 2.24) is 0 Å². The van der Waals surface area contributed by atoms with Gasteiger partial charge in [0.1, 0.15) is 10.5 Å². The Balaban J connectivity index is 3.15. The molecular weight excluding hydrogens is 292 g/mol. The predicted molar refractivity (Wildman–Crippen MR) is 68.1 cm³/mol. The molecule has 0 atom stereocenters. The standard InChI is InChI=1S/C11H13BrO3S/c1-6-7(12)4-5-8(13)9(6)16-11(2,3)10(14)15/h4-5,13H,1-3H3,(H,14,15). The van der Waals surface area contributed by atoms with Crippen molar-refractivity contribution < 1.29 is 15.0 Å². The molecule has 0 unspecified atom stereocenters. The van der Waals surface area contributed by atoms with Gasteiger partial charge in [-0.3, -0.25) is 4.79 Å². The van der Waals surface area contributed by atoms with E-state index in [1.807, 2.05) is 6.92 Å². The molecule has 0 bridgehead atoms. The summed E-state index contributed by atoms with van der Waals surface area (Å²) in [5.41, 5.74) is 0.847. The third-order valence-electron chi connectivity index (χ3n) is 2.19. The Morgan fingerprint density at radius 1 is 1.44 bits per heavy atom. The minimum Gasteiger partial charge on any atom is -0.507 e. The SMILES string of the molecule is Cc1c(Br)ccc(O)c1SC(C)(C)C(=O)O. The molecular formula is C11H13BrO3S. The number of rotatable bonds is 3. The second kappa shape index (κ2) is 4.67. The van der Waals surface area contributed by atoms with Crippen LogP contribution in [0.4, 0.5) is 0 Å². The van der Waals surface area contributed by atoms with Crippen molar-refractivity contribution in [2.24, 2.45) is 0 Å². The summed E-state index contributed by atoms with van der Waals surface area (Å²) in [5.74, 6) is -0.795. The van der Waals surface area contributed by atoms with Crippen LogP contribution < -0.4 is 0 Å². The number of halogens is 1. The van der Waals surface area contributed by atoms with Crippen LogP contribution in [0.25, 0.3) is 0 Å². The average Bonchev–Trinajstić information content (AvgIpc) is 2.18. The summed E-state index contributed by atoms with van der Waals surface area (Å²) in [4.78, 5) is 11.6. The summed E-state index contributed by atoms with van der Waals surface area (Å²) in [6.07, 6.45) is 0. The summed E-state index contributed by atoms with van der Waals surface area (Å²) in [5, 5.41) is 18.8. The van der Waals surface area contributed by atoms with Gasteiger partial charge in [-0.2, -0.15) is 0 Å². The zero-order valence-corrected chi connectivity index (χ0v) is 11.6. The molecule has 0 aromatic heterocycles. The molecule has 0 aliphatic heterocycles. The van der Waals surface area contributed by atoms with E-state index in [0.29, 0.717) is 4.90 Å². The van der Waals surface area contributed by atoms with Gasteiger partial charge < -0.3 is 10.2 Å². The van der Waals surface area contributed by atoms with Crippen LogP contribution in [0.2, 0.25) is 0 Å². The van der Waals surface area contributed by atoms with Gasteiger partial charge in [0, 0.05) is 4.47 Å². The fourth-order valence-corrected chi connectivity index (χ4v) is 2.58. The number of benzene rings is 1. The Labute approximate surface area is 107 Å². The van der Waals surface area contributed by atoms with E-state index in [1.54, 1.807) is 26.0 Å². The molecule has 0 aliphatic rings. The van der Waals surface area contributed by atoms with Gasteiger partial charge >= 0.3 is 5.97 Å². The van der Waals surface area contributed by atoms with Gasteiger partial charge in [0.05, 0.1) is 4.90 Å². The lowest BCUT2D eigenvalue weighted by Gasteiger charge is -2.20. The minimum atomic E-state index is -0.969. The first-order valence-corrected chi connectivity index (χ1v) is 6.27. The molecule has 88 valence electrons. The maximum Gasteiger partial charge on any atom is 0.319 e. The molecule has 0 aliphatic carbocycles. The molecule has 0 radical (unpaired) electrons. The highest BCUT2D eigenvalue weighted by atomic mass is 79.9. The van der Waals surface area contributed by atoms with E-state index in [4.69, 9.17) is 5.11 Å². The lowest BCUT2D eigenvalue weighted by molar-refractivity contribution is -0.138. The first kappa shape index (κ1) is 13.4. The number of hydrogen-bond donors (Lipinski definition) is 2. The molecule has 0 saturated carbocycles. The molecule has 0 spiro atoms. The maximum atomic E-state index is 11.0. The Morgan fingerprint density at radius 3 is 2.50 bits per heavy atom. The smallest absolute Gasteiger partial charge is 0.319 e. The van der Waals surface area contributed by atoms with E-state index in [2.05, 4.69) is 15.9 Å². The number of phenolic OH excluding ortho intramolecular Hbond substituents is 1. The normalized spacial score (nSPS) is 11.5. The van der Waals surface area contributed by atoms with Crippen molar-refractivity contribution in [2.75, 3.05) is 0 Å². The summed E-state index contributed by atoms with van der Waals surface area (Å²) in [7, 11) is 0. The highest BCUT2D eigenvalue weighted by Gasteiger charge is 2.30. The molecule has 1 aromatic carbocycles. The van der Waals surface area contributed by atoms with Crippen molar-refractivity contribution in [3.8, 4) is 5.75 Å². The van der Waals surface area contributed by atoms with E-state index in [-0.39, 0.29) is 5.75 Å². The van der Waals surface area contributed by atoms with Gasteiger partial charge in [0.15, 0.2) is 0 Å². The van der Waals surface area contributed by atoms with Crippen LogP contribution in [0.3, 0.4) is 0 Å². The monoisotopic (exact) mass is 304 g/mol. The number of aliphatic carboxylic acids is 1. The largest absolute Gasteiger partial charge is 0.507 e. The summed E-state index contributed by atoms with van der Waals surface area (Å²) in [6, 6.07) is 3.29. The minimum absolute atomic E-state index is 0.111. The van der Waals surface area contributed by atoms with Gasteiger partial charge in [0.25, 0.3) is 0 Å². The van der Waals surface area contributed by atoms with Crippen LogP contribution in [0.15, 0.2) is 21.5 Å². The highest BCUT2D eigenvalue weighted by Crippen LogP contribution is 2.42. The highest BCUT2D eigenvalue weighted by molar-refractivity contribution is 9.10. The van der Waals surface area contributed by atoms with E-state index < -0.39 is 10.7 Å². The zero-order valence-electron chi connectivity index (χ0n) is 9.24. The van der Waals surface area contributed by atoms with Crippen LogP contribution >= 0.6 is 27.7 Å². The Kier molecular flexibility index (Phi) is 3.91. The molecule has 0 saturated heterocycles. The molecule has 0 heterocycles. The van der Waals surface area contributed by atoms with Gasteiger partial charge in [-0.05, 0) is 38.5 Å². The lowest BCUT2D eigenvalue weighted by atomic mass is 10.2. The number of carboxylic acids is 1. The zero-order chi connectivity index (χ0) is 12.5. The Bertz CT molecular complexity index is 429. The van der Waals surface area contributed by atoms with Crippen molar-refractivity contribution >= 4 is 33.7 Å². The average molecular weight is 305 g/mol. The van der Waals surface area contributed by atoms with E-state index in [0.717, 1.165) is 21.8 Å². The lowest BCUT2D eigenvalue weighted by Crippen LogP contribution is -2.27. The molecule has 3 nitrogen and oxygen atoms in total. The third-order valence-corrected chi connectivity index (χ3v) is 4.45. The van der Waals surface area contributed by atoms with Crippen molar-refractivity contribution in [3.63, 3.8) is 0 Å². The van der Waals surface area contributed by atoms with Crippen LogP contribution in [-0.2, 0) is 4.79 Å². The van der Waals surface area contributed by atoms with Crippen molar-refractivity contribution in [2.45, 2.75) is 30.4 Å². The summed E-state index contributed by atoms with van der Waals surface area (Å²) in [6.45, 7) is 5.06. The molecule has 0 amide bonds. The maximum absolute atomic E-state index is 11.0. The Hall–Kier alpha value is -0.680. The number of thioether (sulfide) groups is 1. The molecule has 1 rings (SSSR count). The second-order valence-electron chi connectivity index (χ2n) is 3.94. The molecule has 1 aromatic rings. The van der Waals surface area contributed by atoms with Gasteiger partial charge in [-0.15, -0.1) is 11.8 Å². The number of aromatic hydroxyl groups is 1. The number of phenols is 1. The van der Waals surface area contributed by atoms with E-state index in [1.165, 1.54) is 0 Å². The molecule has 16 heavy (non-hydrogen) atoms. The predicted octanol–water partition coefficient (Wildman–Crippen LogP) is 3.42. The molecule has 5 heteroatoms. The number of hydrogen-bond acceptors (Lipinski definition) is 3. The van der Waals surface area contributed by atoms with Crippen LogP contribution in [0.1, 0.15) is 19.4 Å². The van der Waals surface area contributed by atoms with Crippen LogP contribution in [0.5, 0.6) is 5.75 Å². The summed E-state index contributed by atoms with van der Waals surface area (Å²) >= 11 is 4.49. The fourth-order valence-electron chi connectivity index (χ4n) is 1.08. The first-order valence-electron chi connectivity index (χ1n) is 4.66. The van der Waals surface area contributed by atoms with Gasteiger partial charge in [-0.25, -0.2) is 0 Å². The first-order chi connectivity index (χ1) is 7.25.